The number of carbonyl (C=O) groups excluding carboxylic acids is 1. The fourth-order valence-corrected chi connectivity index (χ4v) is 5.00. The van der Waals surface area contributed by atoms with E-state index in [1.54, 1.807) is 17.0 Å². The van der Waals surface area contributed by atoms with Gasteiger partial charge in [0.2, 0.25) is 0 Å². The lowest BCUT2D eigenvalue weighted by Gasteiger charge is -2.32. The van der Waals surface area contributed by atoms with Crippen LogP contribution in [0.5, 0.6) is 5.75 Å². The molecule has 0 fully saturated rings. The molecule has 0 saturated carbocycles. The quantitative estimate of drug-likeness (QED) is 0.642. The van der Waals surface area contributed by atoms with Gasteiger partial charge in [-0.05, 0) is 65.4 Å². The van der Waals surface area contributed by atoms with Crippen LogP contribution >= 0.6 is 0 Å². The highest BCUT2D eigenvalue weighted by Crippen LogP contribution is 2.28. The van der Waals surface area contributed by atoms with Crippen molar-refractivity contribution in [3.63, 3.8) is 0 Å². The number of carbonyl (C=O) groups is 1. The largest absolute Gasteiger partial charge is 0.380 e. The van der Waals surface area contributed by atoms with Crippen LogP contribution < -0.4 is 14.2 Å². The maximum atomic E-state index is 13.3. The van der Waals surface area contributed by atoms with Gasteiger partial charge in [-0.25, -0.2) is 0 Å². The summed E-state index contributed by atoms with van der Waals surface area (Å²) in [6.07, 6.45) is 1.68. The molecule has 2 N–H and O–H groups in total. The molecule has 0 radical (unpaired) electrons. The topological polar surface area (TPSA) is 92.9 Å². The predicted molar refractivity (Wildman–Crippen MR) is 126 cm³/mol. The summed E-state index contributed by atoms with van der Waals surface area (Å²) in [4.78, 5) is 17.4. The van der Waals surface area contributed by atoms with Crippen LogP contribution in [0.1, 0.15) is 32.6 Å². The monoisotopic (exact) mass is 463 g/mol. The van der Waals surface area contributed by atoms with Crippen LogP contribution in [-0.2, 0) is 36.2 Å². The normalized spacial score (nSPS) is 15.5. The first-order valence-electron chi connectivity index (χ1n) is 10.9. The Morgan fingerprint density at radius 3 is 2.39 bits per heavy atom. The molecule has 170 valence electrons. The van der Waals surface area contributed by atoms with Gasteiger partial charge in [-0.15, -0.1) is 0 Å². The summed E-state index contributed by atoms with van der Waals surface area (Å²) in [5, 5.41) is 4.98. The van der Waals surface area contributed by atoms with Crippen LogP contribution in [0.3, 0.4) is 0 Å². The molecule has 0 saturated heterocycles. The Balaban J connectivity index is 1.33. The van der Waals surface area contributed by atoms with E-state index >= 15 is 0 Å². The van der Waals surface area contributed by atoms with Crippen molar-refractivity contribution in [1.29, 1.82) is 0 Å². The van der Waals surface area contributed by atoms with Gasteiger partial charge in [0, 0.05) is 37.4 Å². The second-order valence-electron chi connectivity index (χ2n) is 8.47. The van der Waals surface area contributed by atoms with E-state index < -0.39 is 10.3 Å². The standard InChI is InChI=1S/C25H25N3O4S/c26-33(30,31)32-24-9-8-19-11-13-28(17-22(19)15-24)25(29)20-6-3-7-23(14-20)27-12-10-18-4-1-2-5-21(18)16-27/h1-9,14-15H,10-13,16-17H2,(H2,26,30,31). The zero-order valence-corrected chi connectivity index (χ0v) is 18.9. The molecule has 3 aromatic rings. The highest BCUT2D eigenvalue weighted by atomic mass is 32.2. The van der Waals surface area contributed by atoms with Crippen molar-refractivity contribution in [3.8, 4) is 5.75 Å². The SMILES string of the molecule is NS(=O)(=O)Oc1ccc2c(c1)CN(C(=O)c1cccc(N3CCc4ccccc4C3)c1)CC2. The van der Waals surface area contributed by atoms with Crippen LogP contribution in [0.25, 0.3) is 0 Å². The summed E-state index contributed by atoms with van der Waals surface area (Å²) in [5.74, 6) is 0.107. The van der Waals surface area contributed by atoms with Gasteiger partial charge in [0.25, 0.3) is 5.91 Å². The molecule has 0 aliphatic carbocycles. The summed E-state index contributed by atoms with van der Waals surface area (Å²) >= 11 is 0. The molecule has 0 aromatic heterocycles. The predicted octanol–water partition coefficient (Wildman–Crippen LogP) is 3.03. The van der Waals surface area contributed by atoms with Gasteiger partial charge in [-0.3, -0.25) is 4.79 Å². The number of fused-ring (bicyclic) bond motifs is 2. The van der Waals surface area contributed by atoms with Gasteiger partial charge in [-0.2, -0.15) is 13.6 Å². The van der Waals surface area contributed by atoms with Crippen molar-refractivity contribution in [2.24, 2.45) is 5.14 Å². The zero-order valence-electron chi connectivity index (χ0n) is 18.1. The first-order valence-corrected chi connectivity index (χ1v) is 12.4. The van der Waals surface area contributed by atoms with E-state index in [0.717, 1.165) is 36.3 Å². The average molecular weight is 464 g/mol. The second-order valence-corrected chi connectivity index (χ2v) is 9.63. The smallest absolute Gasteiger partial charge is 0.371 e. The van der Waals surface area contributed by atoms with Crippen molar-refractivity contribution in [1.82, 2.24) is 4.90 Å². The number of nitrogens with two attached hydrogens (primary N) is 1. The fourth-order valence-electron chi connectivity index (χ4n) is 4.63. The van der Waals surface area contributed by atoms with Gasteiger partial charge in [-0.1, -0.05) is 36.4 Å². The molecule has 0 spiro atoms. The Morgan fingerprint density at radius 2 is 1.58 bits per heavy atom. The maximum absolute atomic E-state index is 13.3. The van der Waals surface area contributed by atoms with Crippen LogP contribution in [0.2, 0.25) is 0 Å². The highest BCUT2D eigenvalue weighted by Gasteiger charge is 2.24. The minimum atomic E-state index is -4.10. The molecule has 3 aromatic carbocycles. The molecule has 2 aliphatic rings. The summed E-state index contributed by atoms with van der Waals surface area (Å²) in [7, 11) is -4.10. The molecule has 0 bridgehead atoms. The molecule has 0 unspecified atom stereocenters. The van der Waals surface area contributed by atoms with Crippen molar-refractivity contribution in [2.75, 3.05) is 18.0 Å². The van der Waals surface area contributed by atoms with Gasteiger partial charge < -0.3 is 14.0 Å². The number of rotatable bonds is 4. The minimum Gasteiger partial charge on any atom is -0.371 e. The van der Waals surface area contributed by atoms with Crippen LogP contribution in [0, 0.1) is 0 Å². The average Bonchev–Trinajstić information content (AvgIpc) is 2.82. The van der Waals surface area contributed by atoms with Crippen LogP contribution in [0.4, 0.5) is 5.69 Å². The van der Waals surface area contributed by atoms with E-state index in [1.807, 2.05) is 30.3 Å². The number of benzene rings is 3. The number of anilines is 1. The molecule has 5 rings (SSSR count). The number of amides is 1. The van der Waals surface area contributed by atoms with Gasteiger partial charge in [0.15, 0.2) is 0 Å². The third-order valence-electron chi connectivity index (χ3n) is 6.28. The number of hydrogen-bond donors (Lipinski definition) is 1. The molecule has 1 amide bonds. The Hall–Kier alpha value is -3.36. The number of hydrogen-bond acceptors (Lipinski definition) is 5. The third-order valence-corrected chi connectivity index (χ3v) is 6.70. The zero-order chi connectivity index (χ0) is 23.0. The third kappa shape index (κ3) is 4.72. The molecule has 7 nitrogen and oxygen atoms in total. The molecule has 33 heavy (non-hydrogen) atoms. The molecule has 2 heterocycles. The van der Waals surface area contributed by atoms with Gasteiger partial charge >= 0.3 is 10.3 Å². The number of nitrogens with zero attached hydrogens (tertiary/aromatic N) is 2. The first-order chi connectivity index (χ1) is 15.9. The van der Waals surface area contributed by atoms with Crippen molar-refractivity contribution < 1.29 is 17.4 Å². The Labute approximate surface area is 193 Å². The van der Waals surface area contributed by atoms with E-state index in [4.69, 9.17) is 9.32 Å². The lowest BCUT2D eigenvalue weighted by molar-refractivity contribution is 0.0734. The first kappa shape index (κ1) is 21.5. The Morgan fingerprint density at radius 1 is 0.818 bits per heavy atom. The summed E-state index contributed by atoms with van der Waals surface area (Å²) < 4.78 is 27.3. The van der Waals surface area contributed by atoms with E-state index in [0.29, 0.717) is 25.1 Å². The second kappa shape index (κ2) is 8.53. The van der Waals surface area contributed by atoms with E-state index in [-0.39, 0.29) is 11.7 Å². The van der Waals surface area contributed by atoms with E-state index in [2.05, 4.69) is 29.2 Å². The van der Waals surface area contributed by atoms with Gasteiger partial charge in [0.1, 0.15) is 5.75 Å². The van der Waals surface area contributed by atoms with Crippen LogP contribution in [0.15, 0.2) is 66.7 Å². The molecular weight excluding hydrogens is 438 g/mol. The lowest BCUT2D eigenvalue weighted by atomic mass is 9.98. The Kier molecular flexibility index (Phi) is 5.55. The lowest BCUT2D eigenvalue weighted by Crippen LogP contribution is -2.36. The molecule has 2 aliphatic heterocycles. The summed E-state index contributed by atoms with van der Waals surface area (Å²) in [6.45, 7) is 2.73. The maximum Gasteiger partial charge on any atom is 0.380 e. The highest BCUT2D eigenvalue weighted by molar-refractivity contribution is 7.84. The van der Waals surface area contributed by atoms with Crippen molar-refractivity contribution in [2.45, 2.75) is 25.9 Å². The van der Waals surface area contributed by atoms with E-state index in [1.165, 1.54) is 11.1 Å². The molecule has 0 atom stereocenters. The van der Waals surface area contributed by atoms with E-state index in [9.17, 15) is 13.2 Å². The molecular formula is C25H25N3O4S. The minimum absolute atomic E-state index is 0.0438. The van der Waals surface area contributed by atoms with Crippen molar-refractivity contribution in [3.05, 3.63) is 94.5 Å². The fraction of sp³-hybridized carbons (Fsp3) is 0.240. The van der Waals surface area contributed by atoms with Crippen LogP contribution in [-0.4, -0.2) is 32.3 Å². The summed E-state index contributed by atoms with van der Waals surface area (Å²) in [6, 6.07) is 21.3. The molecule has 8 heteroatoms. The Bertz CT molecular complexity index is 1320. The van der Waals surface area contributed by atoms with Gasteiger partial charge in [0.05, 0.1) is 0 Å². The van der Waals surface area contributed by atoms with Crippen molar-refractivity contribution >= 4 is 21.9 Å². The summed E-state index contributed by atoms with van der Waals surface area (Å²) in [5.41, 5.74) is 6.33.